The topological polar surface area (TPSA) is 40.0 Å². The molecule has 5 aromatic heterocycles. The van der Waals surface area contributed by atoms with Gasteiger partial charge < -0.3 is 4.57 Å². The lowest BCUT2D eigenvalue weighted by molar-refractivity contribution is 1.11. The van der Waals surface area contributed by atoms with E-state index in [-0.39, 0.29) is 0 Å². The predicted molar refractivity (Wildman–Crippen MR) is 225 cm³/mol. The zero-order valence-electron chi connectivity index (χ0n) is 28.9. The van der Waals surface area contributed by atoms with Gasteiger partial charge in [0.05, 0.1) is 43.7 Å². The Bertz CT molecular complexity index is 3450. The standard InChI is InChI=1S/C48H29N5S/c1-2-14-30(15-3-1)51-40-23-11-12-24-41(40)53-42-27-26-36-33-18-7-10-22-39(33)52(46(36)45(42)50-48(51)53)38-21-9-6-17-32(38)31-16-4-5-20-35(31)44-47-37(28-29-49-44)34-19-8-13-25-43(34)54-47/h1-29H. The molecule has 0 aliphatic heterocycles. The van der Waals surface area contributed by atoms with Crippen LogP contribution in [0.5, 0.6) is 0 Å². The molecule has 0 atom stereocenters. The number of imidazole rings is 2. The van der Waals surface area contributed by atoms with E-state index in [1.54, 1.807) is 0 Å². The zero-order valence-corrected chi connectivity index (χ0v) is 29.7. The smallest absolute Gasteiger partial charge is 0.220 e. The fourth-order valence-corrected chi connectivity index (χ4v) is 9.86. The summed E-state index contributed by atoms with van der Waals surface area (Å²) in [5.74, 6) is 0.892. The van der Waals surface area contributed by atoms with Gasteiger partial charge in [-0.15, -0.1) is 11.3 Å². The maximum Gasteiger partial charge on any atom is 0.220 e. The third-order valence-electron chi connectivity index (χ3n) is 10.9. The van der Waals surface area contributed by atoms with E-state index in [0.717, 1.165) is 72.6 Å². The van der Waals surface area contributed by atoms with Crippen LogP contribution in [0.15, 0.2) is 176 Å². The molecule has 7 aromatic carbocycles. The Balaban J connectivity index is 1.17. The van der Waals surface area contributed by atoms with Crippen molar-refractivity contribution in [2.45, 2.75) is 0 Å². The van der Waals surface area contributed by atoms with Gasteiger partial charge in [-0.25, -0.2) is 4.98 Å². The van der Waals surface area contributed by atoms with Crippen molar-refractivity contribution >= 4 is 81.2 Å². The van der Waals surface area contributed by atoms with E-state index in [2.05, 4.69) is 183 Å². The Morgan fingerprint density at radius 3 is 2.00 bits per heavy atom. The first-order valence-corrected chi connectivity index (χ1v) is 19.0. The van der Waals surface area contributed by atoms with Gasteiger partial charge in [0.25, 0.3) is 0 Å². The van der Waals surface area contributed by atoms with Gasteiger partial charge >= 0.3 is 0 Å². The third kappa shape index (κ3) is 4.03. The normalized spacial score (nSPS) is 12.1. The van der Waals surface area contributed by atoms with E-state index >= 15 is 0 Å². The van der Waals surface area contributed by atoms with Crippen LogP contribution in [0.2, 0.25) is 0 Å². The van der Waals surface area contributed by atoms with Crippen LogP contribution in [0, 0.1) is 0 Å². The van der Waals surface area contributed by atoms with Crippen LogP contribution in [0.4, 0.5) is 0 Å². The second-order valence-electron chi connectivity index (χ2n) is 13.8. The lowest BCUT2D eigenvalue weighted by Crippen LogP contribution is -1.99. The molecule has 5 heterocycles. The second kappa shape index (κ2) is 11.2. The van der Waals surface area contributed by atoms with E-state index in [4.69, 9.17) is 9.97 Å². The molecule has 0 amide bonds. The number of pyridine rings is 1. The molecule has 0 bridgehead atoms. The monoisotopic (exact) mass is 707 g/mol. The van der Waals surface area contributed by atoms with Crippen molar-refractivity contribution in [1.29, 1.82) is 0 Å². The van der Waals surface area contributed by atoms with Gasteiger partial charge in [-0.2, -0.15) is 0 Å². The van der Waals surface area contributed by atoms with Crippen LogP contribution in [-0.2, 0) is 0 Å². The van der Waals surface area contributed by atoms with Gasteiger partial charge in [0, 0.05) is 49.3 Å². The summed E-state index contributed by atoms with van der Waals surface area (Å²) in [4.78, 5) is 10.6. The van der Waals surface area contributed by atoms with Crippen molar-refractivity contribution in [3.63, 3.8) is 0 Å². The maximum atomic E-state index is 5.56. The predicted octanol–water partition coefficient (Wildman–Crippen LogP) is 12.6. The summed E-state index contributed by atoms with van der Waals surface area (Å²) in [7, 11) is 0. The molecule has 0 saturated carbocycles. The minimum Gasteiger partial charge on any atom is -0.306 e. The molecule has 12 aromatic rings. The van der Waals surface area contributed by atoms with E-state index in [1.165, 1.54) is 30.9 Å². The van der Waals surface area contributed by atoms with Crippen molar-refractivity contribution in [1.82, 2.24) is 23.5 Å². The van der Waals surface area contributed by atoms with Gasteiger partial charge in [0.2, 0.25) is 5.78 Å². The molecular formula is C48H29N5S. The summed E-state index contributed by atoms with van der Waals surface area (Å²) in [6.45, 7) is 0. The van der Waals surface area contributed by atoms with Crippen LogP contribution < -0.4 is 0 Å². The zero-order chi connectivity index (χ0) is 35.3. The Morgan fingerprint density at radius 1 is 0.444 bits per heavy atom. The van der Waals surface area contributed by atoms with Gasteiger partial charge in [-0.05, 0) is 66.2 Å². The number of thiophene rings is 1. The van der Waals surface area contributed by atoms with E-state index < -0.39 is 0 Å². The Kier molecular flexibility index (Phi) is 6.15. The van der Waals surface area contributed by atoms with Crippen molar-refractivity contribution < 1.29 is 0 Å². The molecule has 0 spiro atoms. The summed E-state index contributed by atoms with van der Waals surface area (Å²) < 4.78 is 9.51. The molecule has 12 rings (SSSR count). The first kappa shape index (κ1) is 29.5. The summed E-state index contributed by atoms with van der Waals surface area (Å²) in [5, 5.41) is 4.89. The third-order valence-corrected chi connectivity index (χ3v) is 12.1. The van der Waals surface area contributed by atoms with E-state index in [0.29, 0.717) is 0 Å². The van der Waals surface area contributed by atoms with Crippen LogP contribution in [0.25, 0.3) is 104 Å². The number of hydrogen-bond donors (Lipinski definition) is 0. The molecule has 5 nitrogen and oxygen atoms in total. The van der Waals surface area contributed by atoms with E-state index in [1.807, 2.05) is 17.5 Å². The minimum atomic E-state index is 0.892. The van der Waals surface area contributed by atoms with Crippen LogP contribution in [0.1, 0.15) is 0 Å². The molecule has 0 radical (unpaired) electrons. The van der Waals surface area contributed by atoms with Crippen molar-refractivity contribution in [3.8, 4) is 33.8 Å². The van der Waals surface area contributed by atoms with Crippen molar-refractivity contribution in [2.24, 2.45) is 0 Å². The molecule has 54 heavy (non-hydrogen) atoms. The van der Waals surface area contributed by atoms with E-state index in [9.17, 15) is 0 Å². The molecule has 0 fully saturated rings. The Hall–Kier alpha value is -7.02. The summed E-state index contributed by atoms with van der Waals surface area (Å²) in [6, 6.07) is 60.7. The number of nitrogens with zero attached hydrogens (tertiary/aromatic N) is 5. The molecule has 0 aliphatic rings. The molecule has 0 aliphatic carbocycles. The molecule has 0 unspecified atom stereocenters. The fraction of sp³-hybridized carbons (Fsp3) is 0. The fourth-order valence-electron chi connectivity index (χ4n) is 8.66. The van der Waals surface area contributed by atoms with Gasteiger partial charge in [-0.1, -0.05) is 109 Å². The quantitative estimate of drug-likeness (QED) is 0.183. The molecule has 6 heteroatoms. The van der Waals surface area contributed by atoms with Crippen molar-refractivity contribution in [3.05, 3.63) is 176 Å². The minimum absolute atomic E-state index is 0.892. The first-order valence-electron chi connectivity index (χ1n) is 18.2. The summed E-state index contributed by atoms with van der Waals surface area (Å²) in [5.41, 5.74) is 13.1. The maximum absolute atomic E-state index is 5.56. The van der Waals surface area contributed by atoms with Gasteiger partial charge in [0.1, 0.15) is 5.52 Å². The second-order valence-corrected chi connectivity index (χ2v) is 14.8. The number of fused-ring (bicyclic) bond motifs is 12. The lowest BCUT2D eigenvalue weighted by atomic mass is 9.95. The average Bonchev–Trinajstić information content (AvgIpc) is 3.98. The van der Waals surface area contributed by atoms with Crippen molar-refractivity contribution in [2.75, 3.05) is 0 Å². The lowest BCUT2D eigenvalue weighted by Gasteiger charge is -2.17. The molecule has 0 saturated heterocycles. The van der Waals surface area contributed by atoms with Crippen LogP contribution >= 0.6 is 11.3 Å². The Labute approximate surface area is 313 Å². The van der Waals surface area contributed by atoms with Gasteiger partial charge in [-0.3, -0.25) is 14.0 Å². The first-order chi connectivity index (χ1) is 26.8. The number of para-hydroxylation sites is 5. The molecule has 252 valence electrons. The highest BCUT2D eigenvalue weighted by atomic mass is 32.1. The highest BCUT2D eigenvalue weighted by molar-refractivity contribution is 7.26. The number of benzene rings is 7. The average molecular weight is 708 g/mol. The number of aromatic nitrogens is 5. The van der Waals surface area contributed by atoms with Crippen LogP contribution in [0.3, 0.4) is 0 Å². The summed E-state index contributed by atoms with van der Waals surface area (Å²) >= 11 is 1.82. The molecular weight excluding hydrogens is 679 g/mol. The highest BCUT2D eigenvalue weighted by Gasteiger charge is 2.24. The SMILES string of the molecule is c1ccc(-n2c3ccccc3n3c4ccc5c6ccccc6n(-c6ccccc6-c6ccccc6-c6nccc7c6sc6ccccc67)c5c4nc23)cc1. The molecule has 0 N–H and O–H groups in total. The Morgan fingerprint density at radius 2 is 1.13 bits per heavy atom. The number of rotatable bonds is 4. The van der Waals surface area contributed by atoms with Crippen LogP contribution in [-0.4, -0.2) is 23.5 Å². The highest BCUT2D eigenvalue weighted by Crippen LogP contribution is 2.45. The summed E-state index contributed by atoms with van der Waals surface area (Å²) in [6.07, 6.45) is 1.96. The largest absolute Gasteiger partial charge is 0.306 e. The number of hydrogen-bond acceptors (Lipinski definition) is 3. The van der Waals surface area contributed by atoms with Gasteiger partial charge in [0.15, 0.2) is 0 Å².